The lowest BCUT2D eigenvalue weighted by molar-refractivity contribution is 0.0691. The van der Waals surface area contributed by atoms with Crippen molar-refractivity contribution in [1.29, 1.82) is 0 Å². The Kier molecular flexibility index (Phi) is 2.19. The van der Waals surface area contributed by atoms with Gasteiger partial charge in [-0.1, -0.05) is 0 Å². The molecule has 0 unspecified atom stereocenters. The summed E-state index contributed by atoms with van der Waals surface area (Å²) >= 11 is 0. The first-order valence-electron chi connectivity index (χ1n) is 5.34. The van der Waals surface area contributed by atoms with Crippen molar-refractivity contribution < 1.29 is 14.3 Å². The summed E-state index contributed by atoms with van der Waals surface area (Å²) in [6.07, 6.45) is 0. The number of carboxylic acid groups (broad SMARTS) is 1. The first-order valence-corrected chi connectivity index (χ1v) is 5.34. The molecular weight excluding hydrogens is 235 g/mol. The number of hydrogen-bond acceptors (Lipinski definition) is 1. The summed E-state index contributed by atoms with van der Waals surface area (Å²) in [5, 5.41) is 9.70. The minimum absolute atomic E-state index is 0.120. The van der Waals surface area contributed by atoms with Gasteiger partial charge in [0.15, 0.2) is 0 Å². The average Bonchev–Trinajstić information content (AvgIpc) is 2.93. The standard InChI is InChI=1S/C13H9FN2O2/c14-8-2-1-7-5-12(16-11(7)6-8)9-3-4-10(15-9)13(17)18/h1-6,15-16H,(H,17,18). The van der Waals surface area contributed by atoms with Crippen LogP contribution in [0.3, 0.4) is 0 Å². The molecule has 0 aliphatic heterocycles. The summed E-state index contributed by atoms with van der Waals surface area (Å²) in [5.74, 6) is -1.32. The smallest absolute Gasteiger partial charge is 0.352 e. The van der Waals surface area contributed by atoms with Crippen LogP contribution in [0.1, 0.15) is 10.5 Å². The van der Waals surface area contributed by atoms with Gasteiger partial charge in [0.05, 0.1) is 11.4 Å². The molecule has 0 saturated heterocycles. The normalized spacial score (nSPS) is 10.9. The number of carbonyl (C=O) groups is 1. The van der Waals surface area contributed by atoms with Crippen LogP contribution in [0.5, 0.6) is 0 Å². The van der Waals surface area contributed by atoms with E-state index in [1.807, 2.05) is 6.07 Å². The van der Waals surface area contributed by atoms with Crippen LogP contribution >= 0.6 is 0 Å². The lowest BCUT2D eigenvalue weighted by Gasteiger charge is -1.92. The molecule has 2 aromatic heterocycles. The predicted octanol–water partition coefficient (Wildman–Crippen LogP) is 3.00. The maximum atomic E-state index is 13.1. The zero-order valence-electron chi connectivity index (χ0n) is 9.20. The zero-order valence-corrected chi connectivity index (χ0v) is 9.20. The molecule has 0 atom stereocenters. The fourth-order valence-corrected chi connectivity index (χ4v) is 1.92. The van der Waals surface area contributed by atoms with Crippen molar-refractivity contribution in [2.24, 2.45) is 0 Å². The number of benzene rings is 1. The summed E-state index contributed by atoms with van der Waals surface area (Å²) in [4.78, 5) is 16.6. The van der Waals surface area contributed by atoms with E-state index in [1.54, 1.807) is 12.1 Å². The molecule has 3 aromatic rings. The molecule has 0 radical (unpaired) electrons. The highest BCUT2D eigenvalue weighted by atomic mass is 19.1. The Morgan fingerprint density at radius 3 is 2.61 bits per heavy atom. The van der Waals surface area contributed by atoms with Crippen LogP contribution in [0.2, 0.25) is 0 Å². The van der Waals surface area contributed by atoms with E-state index < -0.39 is 5.97 Å². The van der Waals surface area contributed by atoms with Crippen LogP contribution in [-0.4, -0.2) is 21.0 Å². The van der Waals surface area contributed by atoms with E-state index in [4.69, 9.17) is 5.11 Å². The first kappa shape index (κ1) is 10.6. The van der Waals surface area contributed by atoms with Gasteiger partial charge in [-0.15, -0.1) is 0 Å². The molecule has 2 heterocycles. The van der Waals surface area contributed by atoms with E-state index in [9.17, 15) is 9.18 Å². The second-order valence-electron chi connectivity index (χ2n) is 4.01. The Balaban J connectivity index is 2.10. The van der Waals surface area contributed by atoms with Gasteiger partial charge in [0.25, 0.3) is 0 Å². The Morgan fingerprint density at radius 1 is 1.06 bits per heavy atom. The third-order valence-corrected chi connectivity index (χ3v) is 2.79. The second kappa shape index (κ2) is 3.73. The Bertz CT molecular complexity index is 742. The molecule has 0 fully saturated rings. The molecule has 0 spiro atoms. The minimum Gasteiger partial charge on any atom is -0.477 e. The third kappa shape index (κ3) is 1.66. The molecule has 5 heteroatoms. The quantitative estimate of drug-likeness (QED) is 0.648. The van der Waals surface area contributed by atoms with Gasteiger partial charge in [0.2, 0.25) is 0 Å². The monoisotopic (exact) mass is 244 g/mol. The van der Waals surface area contributed by atoms with E-state index in [0.717, 1.165) is 11.1 Å². The molecule has 0 saturated carbocycles. The maximum Gasteiger partial charge on any atom is 0.352 e. The van der Waals surface area contributed by atoms with E-state index in [0.29, 0.717) is 11.2 Å². The molecule has 0 amide bonds. The molecule has 0 bridgehead atoms. The largest absolute Gasteiger partial charge is 0.477 e. The van der Waals surface area contributed by atoms with Crippen molar-refractivity contribution in [2.75, 3.05) is 0 Å². The number of aromatic amines is 2. The number of H-pyrrole nitrogens is 2. The van der Waals surface area contributed by atoms with Gasteiger partial charge in [-0.2, -0.15) is 0 Å². The topological polar surface area (TPSA) is 68.9 Å². The van der Waals surface area contributed by atoms with Crippen LogP contribution in [0.4, 0.5) is 4.39 Å². The number of carboxylic acids is 1. The predicted molar refractivity (Wildman–Crippen MR) is 65.0 cm³/mol. The van der Waals surface area contributed by atoms with Crippen molar-refractivity contribution in [3.63, 3.8) is 0 Å². The first-order chi connectivity index (χ1) is 8.63. The van der Waals surface area contributed by atoms with Gasteiger partial charge in [-0.25, -0.2) is 9.18 Å². The fraction of sp³-hybridized carbons (Fsp3) is 0. The highest BCUT2D eigenvalue weighted by Crippen LogP contribution is 2.24. The highest BCUT2D eigenvalue weighted by Gasteiger charge is 2.09. The van der Waals surface area contributed by atoms with E-state index in [-0.39, 0.29) is 11.5 Å². The van der Waals surface area contributed by atoms with Crippen LogP contribution < -0.4 is 0 Å². The van der Waals surface area contributed by atoms with E-state index in [2.05, 4.69) is 9.97 Å². The summed E-state index contributed by atoms with van der Waals surface area (Å²) in [5.41, 5.74) is 2.18. The van der Waals surface area contributed by atoms with Gasteiger partial charge in [0.1, 0.15) is 11.5 Å². The number of halogens is 1. The Labute approximate surface area is 101 Å². The Morgan fingerprint density at radius 2 is 1.89 bits per heavy atom. The van der Waals surface area contributed by atoms with Crippen molar-refractivity contribution in [1.82, 2.24) is 9.97 Å². The fourth-order valence-electron chi connectivity index (χ4n) is 1.92. The maximum absolute atomic E-state index is 13.1. The molecule has 90 valence electrons. The summed E-state index contributed by atoms with van der Waals surface area (Å²) < 4.78 is 13.1. The van der Waals surface area contributed by atoms with Gasteiger partial charge < -0.3 is 15.1 Å². The van der Waals surface area contributed by atoms with Crippen molar-refractivity contribution in [3.05, 3.63) is 47.9 Å². The number of aromatic carboxylic acids is 1. The van der Waals surface area contributed by atoms with Gasteiger partial charge in [0, 0.05) is 10.9 Å². The van der Waals surface area contributed by atoms with E-state index >= 15 is 0 Å². The molecule has 18 heavy (non-hydrogen) atoms. The summed E-state index contributed by atoms with van der Waals surface area (Å²) in [6.45, 7) is 0. The van der Waals surface area contributed by atoms with Crippen LogP contribution in [0.25, 0.3) is 22.3 Å². The number of hydrogen-bond donors (Lipinski definition) is 3. The van der Waals surface area contributed by atoms with E-state index in [1.165, 1.54) is 18.2 Å². The van der Waals surface area contributed by atoms with Crippen molar-refractivity contribution in [3.8, 4) is 11.4 Å². The molecule has 0 aliphatic carbocycles. The molecule has 1 aromatic carbocycles. The van der Waals surface area contributed by atoms with Crippen LogP contribution in [0, 0.1) is 5.82 Å². The Hall–Kier alpha value is -2.56. The number of fused-ring (bicyclic) bond motifs is 1. The van der Waals surface area contributed by atoms with Gasteiger partial charge in [-0.3, -0.25) is 0 Å². The third-order valence-electron chi connectivity index (χ3n) is 2.79. The molecule has 3 rings (SSSR count). The molecule has 0 aliphatic rings. The zero-order chi connectivity index (χ0) is 12.7. The number of nitrogens with one attached hydrogen (secondary N) is 2. The lowest BCUT2D eigenvalue weighted by Crippen LogP contribution is -1.95. The lowest BCUT2D eigenvalue weighted by atomic mass is 10.2. The molecular formula is C13H9FN2O2. The van der Waals surface area contributed by atoms with Crippen molar-refractivity contribution >= 4 is 16.9 Å². The average molecular weight is 244 g/mol. The molecule has 3 N–H and O–H groups in total. The molecule has 4 nitrogen and oxygen atoms in total. The SMILES string of the molecule is O=C(O)c1ccc(-c2cc3ccc(F)cc3[nH]2)[nH]1. The van der Waals surface area contributed by atoms with Crippen LogP contribution in [0.15, 0.2) is 36.4 Å². The second-order valence-corrected chi connectivity index (χ2v) is 4.01. The van der Waals surface area contributed by atoms with Crippen molar-refractivity contribution in [2.45, 2.75) is 0 Å². The highest BCUT2D eigenvalue weighted by molar-refractivity contribution is 5.88. The number of aromatic nitrogens is 2. The summed E-state index contributed by atoms with van der Waals surface area (Å²) in [6, 6.07) is 9.46. The number of rotatable bonds is 2. The van der Waals surface area contributed by atoms with Gasteiger partial charge in [-0.05, 0) is 36.4 Å². The summed E-state index contributed by atoms with van der Waals surface area (Å²) in [7, 11) is 0. The van der Waals surface area contributed by atoms with Crippen LogP contribution in [-0.2, 0) is 0 Å². The minimum atomic E-state index is -1.01. The van der Waals surface area contributed by atoms with Gasteiger partial charge >= 0.3 is 5.97 Å².